The molecular formula is C33H37ClN4O4Si. The fourth-order valence-corrected chi connectivity index (χ4v) is 11.5. The Labute approximate surface area is 258 Å². The minimum atomic E-state index is -2.28. The average Bonchev–Trinajstić information content (AvgIpc) is 3.66. The summed E-state index contributed by atoms with van der Waals surface area (Å²) in [5.74, 6) is 0.595. The van der Waals surface area contributed by atoms with E-state index in [4.69, 9.17) is 21.1 Å². The summed E-state index contributed by atoms with van der Waals surface area (Å²) >= 11 is 6.61. The second-order valence-corrected chi connectivity index (χ2v) is 17.2. The molecule has 6 rings (SSSR count). The Kier molecular flexibility index (Phi) is 7.93. The van der Waals surface area contributed by atoms with Gasteiger partial charge in [-0.1, -0.05) is 72.4 Å². The van der Waals surface area contributed by atoms with Crippen molar-refractivity contribution in [3.05, 3.63) is 95.3 Å². The van der Waals surface area contributed by atoms with Crippen molar-refractivity contribution in [2.75, 3.05) is 18.6 Å². The van der Waals surface area contributed by atoms with Gasteiger partial charge < -0.3 is 14.6 Å². The number of aliphatic hydroxyl groups is 1. The topological polar surface area (TPSA) is 89.7 Å². The van der Waals surface area contributed by atoms with Crippen LogP contribution >= 0.6 is 11.6 Å². The van der Waals surface area contributed by atoms with Crippen LogP contribution in [0.4, 0.5) is 11.4 Å². The predicted molar refractivity (Wildman–Crippen MR) is 170 cm³/mol. The van der Waals surface area contributed by atoms with Crippen molar-refractivity contribution in [3.63, 3.8) is 0 Å². The first-order valence-corrected chi connectivity index (χ1v) is 18.2. The predicted octanol–water partition coefficient (Wildman–Crippen LogP) is 5.46. The number of nitrogens with zero attached hydrogens (tertiary/aromatic N) is 4. The smallest absolute Gasteiger partial charge is 0.268 e. The van der Waals surface area contributed by atoms with Crippen LogP contribution in [-0.4, -0.2) is 53.9 Å². The number of amides is 1. The Bertz CT molecular complexity index is 1610. The minimum Gasteiger partial charge on any atom is -0.497 e. The number of rotatable bonds is 9. The van der Waals surface area contributed by atoms with Crippen LogP contribution in [0.5, 0.6) is 5.75 Å². The van der Waals surface area contributed by atoms with Crippen LogP contribution in [0.1, 0.15) is 24.6 Å². The molecule has 1 spiro atoms. The van der Waals surface area contributed by atoms with Gasteiger partial charge in [0.15, 0.2) is 5.60 Å². The molecule has 0 saturated carbocycles. The van der Waals surface area contributed by atoms with Crippen molar-refractivity contribution in [2.45, 2.75) is 56.7 Å². The maximum absolute atomic E-state index is 14.8. The zero-order chi connectivity index (χ0) is 30.4. The molecule has 8 nitrogen and oxygen atoms in total. The number of carbonyl (C=O) groups is 1. The highest BCUT2D eigenvalue weighted by atomic mass is 35.5. The van der Waals surface area contributed by atoms with Crippen molar-refractivity contribution in [1.29, 1.82) is 0 Å². The number of aromatic nitrogens is 3. The number of halogens is 1. The molecule has 10 heteroatoms. The fraction of sp³-hybridized carbons (Fsp3) is 0.364. The van der Waals surface area contributed by atoms with Crippen LogP contribution in [-0.2, 0) is 28.1 Å². The van der Waals surface area contributed by atoms with E-state index in [-0.39, 0.29) is 30.1 Å². The van der Waals surface area contributed by atoms with Gasteiger partial charge in [-0.05, 0) is 54.4 Å². The Morgan fingerprint density at radius 2 is 1.84 bits per heavy atom. The number of methoxy groups -OCH3 is 1. The highest BCUT2D eigenvalue weighted by Crippen LogP contribution is 2.61. The molecule has 0 unspecified atom stereocenters. The third-order valence-electron chi connectivity index (χ3n) is 9.32. The van der Waals surface area contributed by atoms with E-state index in [1.165, 1.54) is 5.19 Å². The molecule has 224 valence electrons. The highest BCUT2D eigenvalue weighted by Gasteiger charge is 2.66. The molecule has 1 fully saturated rings. The minimum absolute atomic E-state index is 0.0240. The lowest BCUT2D eigenvalue weighted by Gasteiger charge is -2.37. The van der Waals surface area contributed by atoms with Crippen molar-refractivity contribution in [2.24, 2.45) is 5.92 Å². The summed E-state index contributed by atoms with van der Waals surface area (Å²) in [7, 11) is -0.602. The first-order valence-electron chi connectivity index (χ1n) is 14.7. The maximum atomic E-state index is 14.8. The summed E-state index contributed by atoms with van der Waals surface area (Å²) < 4.78 is 14.4. The van der Waals surface area contributed by atoms with Gasteiger partial charge >= 0.3 is 0 Å². The molecule has 0 radical (unpaired) electrons. The third-order valence-corrected chi connectivity index (χ3v) is 13.9. The fourth-order valence-electron chi connectivity index (χ4n) is 7.25. The molecule has 1 saturated heterocycles. The molecule has 3 aromatic carbocycles. The molecule has 1 N–H and O–H groups in total. The maximum Gasteiger partial charge on any atom is 0.268 e. The van der Waals surface area contributed by atoms with Crippen LogP contribution < -0.4 is 14.8 Å². The first kappa shape index (κ1) is 29.6. The lowest BCUT2D eigenvalue weighted by atomic mass is 9.82. The molecule has 4 aromatic rings. The molecule has 1 amide bonds. The van der Waals surface area contributed by atoms with Crippen molar-refractivity contribution < 1.29 is 19.4 Å². The van der Waals surface area contributed by atoms with Crippen molar-refractivity contribution in [3.8, 4) is 5.75 Å². The van der Waals surface area contributed by atoms with Gasteiger partial charge in [-0.3, -0.25) is 14.4 Å². The van der Waals surface area contributed by atoms with Crippen LogP contribution in [0.15, 0.2) is 79.0 Å². The monoisotopic (exact) mass is 616 g/mol. The Morgan fingerprint density at radius 3 is 2.53 bits per heavy atom. The van der Waals surface area contributed by atoms with Gasteiger partial charge in [0.1, 0.15) is 5.75 Å². The number of para-hydroxylation sites is 1. The van der Waals surface area contributed by atoms with E-state index < -0.39 is 13.7 Å². The normalized spacial score (nSPS) is 23.3. The van der Waals surface area contributed by atoms with Crippen molar-refractivity contribution in [1.82, 2.24) is 15.0 Å². The van der Waals surface area contributed by atoms with Gasteiger partial charge in [0.2, 0.25) is 0 Å². The first-order chi connectivity index (χ1) is 20.7. The van der Waals surface area contributed by atoms with Crippen molar-refractivity contribution >= 4 is 42.1 Å². The Morgan fingerprint density at radius 1 is 1.09 bits per heavy atom. The van der Waals surface area contributed by atoms with E-state index in [1.54, 1.807) is 16.7 Å². The largest absolute Gasteiger partial charge is 0.497 e. The number of carbonyl (C=O) groups excluding carboxylic acids is 1. The number of hydrogen-bond donors (Lipinski definition) is 1. The number of hydrogen-bond acceptors (Lipinski definition) is 6. The van der Waals surface area contributed by atoms with Gasteiger partial charge in [0.25, 0.3) is 5.91 Å². The zero-order valence-corrected chi connectivity index (χ0v) is 26.7. The number of aryl methyl sites for hydroxylation is 1. The lowest BCUT2D eigenvalue weighted by Crippen LogP contribution is -2.51. The SMILES string of the molecule is COc1ccc([Si](C)(C)[C@@H]2[C@@H](CCn3cc(CCO)nn3)O[C@]3(C(=O)N(c4ccccc4)c4ccc(Cl)cc43)[C@H]2C)cc1. The molecule has 0 aliphatic carbocycles. The number of fused-ring (bicyclic) bond motifs is 2. The highest BCUT2D eigenvalue weighted by molar-refractivity contribution is 6.91. The quantitative estimate of drug-likeness (QED) is 0.251. The molecule has 0 bridgehead atoms. The lowest BCUT2D eigenvalue weighted by molar-refractivity contribution is -0.145. The molecule has 3 heterocycles. The van der Waals surface area contributed by atoms with E-state index in [9.17, 15) is 9.90 Å². The Balaban J connectivity index is 1.44. The second kappa shape index (κ2) is 11.5. The van der Waals surface area contributed by atoms with E-state index >= 15 is 0 Å². The molecule has 1 aromatic heterocycles. The zero-order valence-electron chi connectivity index (χ0n) is 24.9. The van der Waals surface area contributed by atoms with Gasteiger partial charge in [-0.25, -0.2) is 0 Å². The summed E-state index contributed by atoms with van der Waals surface area (Å²) in [5, 5.41) is 19.7. The summed E-state index contributed by atoms with van der Waals surface area (Å²) in [6, 6.07) is 23.8. The van der Waals surface area contributed by atoms with Crippen LogP contribution in [0.3, 0.4) is 0 Å². The van der Waals surface area contributed by atoms with Gasteiger partial charge in [-0.15, -0.1) is 5.10 Å². The van der Waals surface area contributed by atoms with Gasteiger partial charge in [-0.2, -0.15) is 0 Å². The van der Waals surface area contributed by atoms with Crippen LogP contribution in [0, 0.1) is 5.92 Å². The van der Waals surface area contributed by atoms with E-state index in [1.807, 2.05) is 66.9 Å². The molecule has 43 heavy (non-hydrogen) atoms. The number of aliphatic hydroxyl groups excluding tert-OH is 1. The summed E-state index contributed by atoms with van der Waals surface area (Å²) in [5.41, 5.74) is 2.08. The van der Waals surface area contributed by atoms with E-state index in [0.717, 1.165) is 28.4 Å². The van der Waals surface area contributed by atoms with Gasteiger partial charge in [0, 0.05) is 48.0 Å². The summed E-state index contributed by atoms with van der Waals surface area (Å²) in [4.78, 5) is 16.6. The molecule has 2 aliphatic rings. The van der Waals surface area contributed by atoms with Crippen LogP contribution in [0.2, 0.25) is 23.7 Å². The third kappa shape index (κ3) is 4.98. The second-order valence-electron chi connectivity index (χ2n) is 12.0. The van der Waals surface area contributed by atoms with Crippen LogP contribution in [0.25, 0.3) is 0 Å². The molecule has 2 aliphatic heterocycles. The summed E-state index contributed by atoms with van der Waals surface area (Å²) in [6.45, 7) is 7.51. The standard InChI is InChI=1S/C33H37ClN4O4Si/c1-22-31(43(3,4)27-13-11-26(41-2)12-14-27)30(16-18-37-21-24(17-19-39)35-36-37)42-33(22)28-20-23(34)10-15-29(28)38(32(33)40)25-8-6-5-7-9-25/h5-15,20-22,30-31,39H,16-19H2,1-4H3/t22-,30+,31-,33+/m0/s1. The molecule has 4 atom stereocenters. The number of anilines is 2. The number of benzene rings is 3. The average molecular weight is 617 g/mol. The Hall–Kier alpha value is -3.50. The van der Waals surface area contributed by atoms with E-state index in [2.05, 4.69) is 42.5 Å². The number of ether oxygens (including phenoxy) is 2. The van der Waals surface area contributed by atoms with E-state index in [0.29, 0.717) is 24.4 Å². The summed E-state index contributed by atoms with van der Waals surface area (Å²) in [6.07, 6.45) is 2.76. The van der Waals surface area contributed by atoms with Gasteiger partial charge in [0.05, 0.1) is 32.7 Å². The molecular weight excluding hydrogens is 580 g/mol.